The summed E-state index contributed by atoms with van der Waals surface area (Å²) in [6.07, 6.45) is -0.709. The molecule has 1 aromatic heterocycles. The van der Waals surface area contributed by atoms with E-state index in [0.29, 0.717) is 29.8 Å². The fourth-order valence-electron chi connectivity index (χ4n) is 4.30. The summed E-state index contributed by atoms with van der Waals surface area (Å²) in [4.78, 5) is 37.5. The van der Waals surface area contributed by atoms with E-state index in [9.17, 15) is 23.9 Å². The lowest BCUT2D eigenvalue weighted by atomic mass is 10.0. The number of esters is 3. The first-order chi connectivity index (χ1) is 15.7. The van der Waals surface area contributed by atoms with Crippen LogP contribution in [-0.4, -0.2) is 54.0 Å². The van der Waals surface area contributed by atoms with Gasteiger partial charge in [0.25, 0.3) is 0 Å². The number of aliphatic hydroxyl groups is 1. The molecule has 33 heavy (non-hydrogen) atoms. The number of methoxy groups -OCH3 is 2. The van der Waals surface area contributed by atoms with Gasteiger partial charge in [-0.15, -0.1) is 0 Å². The number of aromatic nitrogens is 1. The normalized spacial score (nSPS) is 18.2. The molecule has 0 saturated carbocycles. The van der Waals surface area contributed by atoms with Gasteiger partial charge in [-0.1, -0.05) is 13.8 Å². The number of nitrogens with zero attached hydrogens (tertiary/aromatic N) is 1. The van der Waals surface area contributed by atoms with Crippen LogP contribution in [0.1, 0.15) is 65.4 Å². The maximum Gasteiger partial charge on any atom is 0.340 e. The molecule has 1 fully saturated rings. The monoisotopic (exact) mass is 461 g/mol. The van der Waals surface area contributed by atoms with Crippen molar-refractivity contribution < 1.29 is 38.1 Å². The first-order valence-corrected chi connectivity index (χ1v) is 10.7. The molecule has 1 aliphatic heterocycles. The molecule has 2 aromatic rings. The quantitative estimate of drug-likeness (QED) is 0.497. The summed E-state index contributed by atoms with van der Waals surface area (Å²) in [5, 5.41) is 9.94. The van der Waals surface area contributed by atoms with Crippen LogP contribution in [0.5, 0.6) is 0 Å². The molecule has 9 heteroatoms. The number of ether oxygens (including phenoxy) is 3. The van der Waals surface area contributed by atoms with Crippen molar-refractivity contribution in [3.05, 3.63) is 46.9 Å². The van der Waals surface area contributed by atoms with Crippen LogP contribution >= 0.6 is 0 Å². The maximum absolute atomic E-state index is 13.6. The Hall–Kier alpha value is -3.20. The molecule has 0 amide bonds. The number of carbonyl (C=O) groups is 3. The van der Waals surface area contributed by atoms with Gasteiger partial charge >= 0.3 is 17.9 Å². The van der Waals surface area contributed by atoms with Crippen LogP contribution in [-0.2, 0) is 25.5 Å². The summed E-state index contributed by atoms with van der Waals surface area (Å²) in [6, 6.07) is 5.56. The van der Waals surface area contributed by atoms with E-state index in [1.807, 2.05) is 13.8 Å². The lowest BCUT2D eigenvalue weighted by molar-refractivity contribution is -0.160. The number of hydrogen-bond donors (Lipinski definition) is 1. The molecular weight excluding hydrogens is 433 g/mol. The van der Waals surface area contributed by atoms with Crippen LogP contribution in [0.2, 0.25) is 0 Å². The summed E-state index contributed by atoms with van der Waals surface area (Å²) in [5.41, 5.74) is 1.55. The minimum absolute atomic E-state index is 0.0281. The molecule has 2 unspecified atom stereocenters. The third kappa shape index (κ3) is 5.08. The van der Waals surface area contributed by atoms with Crippen LogP contribution in [0.3, 0.4) is 0 Å². The highest BCUT2D eigenvalue weighted by atomic mass is 19.1. The first-order valence-electron chi connectivity index (χ1n) is 10.7. The summed E-state index contributed by atoms with van der Waals surface area (Å²) >= 11 is 0. The van der Waals surface area contributed by atoms with Crippen molar-refractivity contribution in [2.45, 2.75) is 57.8 Å². The largest absolute Gasteiger partial charge is 0.465 e. The molecule has 2 atom stereocenters. The second-order valence-electron chi connectivity index (χ2n) is 8.27. The van der Waals surface area contributed by atoms with Crippen molar-refractivity contribution >= 4 is 17.9 Å². The van der Waals surface area contributed by atoms with Gasteiger partial charge in [-0.05, 0) is 35.7 Å². The van der Waals surface area contributed by atoms with Crippen molar-refractivity contribution in [3.63, 3.8) is 0 Å². The van der Waals surface area contributed by atoms with E-state index in [0.717, 1.165) is 0 Å². The van der Waals surface area contributed by atoms with Gasteiger partial charge in [0.1, 0.15) is 17.5 Å². The van der Waals surface area contributed by atoms with Gasteiger partial charge in [-0.2, -0.15) is 0 Å². The number of benzene rings is 1. The Kier molecular flexibility index (Phi) is 7.53. The third-order valence-electron chi connectivity index (χ3n) is 5.66. The van der Waals surface area contributed by atoms with Crippen molar-refractivity contribution in [1.82, 2.24) is 4.57 Å². The summed E-state index contributed by atoms with van der Waals surface area (Å²) < 4.78 is 30.8. The van der Waals surface area contributed by atoms with E-state index in [2.05, 4.69) is 0 Å². The Morgan fingerprint density at radius 1 is 1.15 bits per heavy atom. The van der Waals surface area contributed by atoms with Crippen molar-refractivity contribution in [2.75, 3.05) is 14.2 Å². The Balaban J connectivity index is 2.20. The SMILES string of the molecule is COC(=O)c1c(C(=O)OC)c(C(C)C)n(CCC2CC(O)CC(=O)O2)c1-c1ccc(F)cc1. The van der Waals surface area contributed by atoms with Crippen LogP contribution in [0.4, 0.5) is 4.39 Å². The zero-order chi connectivity index (χ0) is 24.3. The van der Waals surface area contributed by atoms with Crippen molar-refractivity contribution in [2.24, 2.45) is 0 Å². The Morgan fingerprint density at radius 3 is 2.30 bits per heavy atom. The molecule has 1 aromatic carbocycles. The molecular formula is C24H28FNO7. The summed E-state index contributed by atoms with van der Waals surface area (Å²) in [7, 11) is 2.44. The zero-order valence-corrected chi connectivity index (χ0v) is 19.1. The number of aliphatic hydroxyl groups excluding tert-OH is 1. The molecule has 0 bridgehead atoms. The summed E-state index contributed by atoms with van der Waals surface area (Å²) in [5.74, 6) is -2.54. The highest BCUT2D eigenvalue weighted by molar-refractivity contribution is 6.09. The smallest absolute Gasteiger partial charge is 0.340 e. The number of rotatable bonds is 7. The minimum Gasteiger partial charge on any atom is -0.465 e. The van der Waals surface area contributed by atoms with Crippen LogP contribution in [0.15, 0.2) is 24.3 Å². The standard InChI is InChI=1S/C24H28FNO7/c1-13(2)21-19(23(29)31-3)20(24(30)32-4)22(14-5-7-15(25)8-6-14)26(21)10-9-17-11-16(27)12-18(28)33-17/h5-8,13,16-17,27H,9-12H2,1-4H3. The van der Waals surface area contributed by atoms with Crippen LogP contribution in [0.25, 0.3) is 11.3 Å². The number of carbonyl (C=O) groups excluding carboxylic acids is 3. The average molecular weight is 461 g/mol. The molecule has 8 nitrogen and oxygen atoms in total. The van der Waals surface area contributed by atoms with E-state index in [4.69, 9.17) is 14.2 Å². The van der Waals surface area contributed by atoms with E-state index in [-0.39, 0.29) is 30.0 Å². The molecule has 1 saturated heterocycles. The van der Waals surface area contributed by atoms with Crippen LogP contribution < -0.4 is 0 Å². The Morgan fingerprint density at radius 2 is 1.76 bits per heavy atom. The third-order valence-corrected chi connectivity index (χ3v) is 5.66. The molecule has 1 N–H and O–H groups in total. The second kappa shape index (κ2) is 10.2. The fraction of sp³-hybridized carbons (Fsp3) is 0.458. The van der Waals surface area contributed by atoms with Gasteiger partial charge in [-0.25, -0.2) is 14.0 Å². The van der Waals surface area contributed by atoms with Crippen molar-refractivity contribution in [1.29, 1.82) is 0 Å². The predicted octanol–water partition coefficient (Wildman–Crippen LogP) is 3.45. The van der Waals surface area contributed by atoms with Crippen LogP contribution in [0, 0.1) is 5.82 Å². The maximum atomic E-state index is 13.6. The van der Waals surface area contributed by atoms with Crippen molar-refractivity contribution in [3.8, 4) is 11.3 Å². The van der Waals surface area contributed by atoms with Gasteiger partial charge in [0.05, 0.1) is 38.0 Å². The second-order valence-corrected chi connectivity index (χ2v) is 8.27. The molecule has 2 heterocycles. The van der Waals surface area contributed by atoms with Gasteiger partial charge in [0, 0.05) is 25.1 Å². The minimum atomic E-state index is -0.779. The Labute approximate surface area is 191 Å². The predicted molar refractivity (Wildman–Crippen MR) is 116 cm³/mol. The Bertz CT molecular complexity index is 1040. The molecule has 1 aliphatic rings. The van der Waals surface area contributed by atoms with Gasteiger partial charge in [0.15, 0.2) is 0 Å². The van der Waals surface area contributed by atoms with E-state index < -0.39 is 35.9 Å². The van der Waals surface area contributed by atoms with Gasteiger partial charge in [0.2, 0.25) is 0 Å². The number of hydrogen-bond acceptors (Lipinski definition) is 7. The van der Waals surface area contributed by atoms with Gasteiger partial charge < -0.3 is 23.9 Å². The molecule has 178 valence electrons. The van der Waals surface area contributed by atoms with E-state index >= 15 is 0 Å². The van der Waals surface area contributed by atoms with E-state index in [1.165, 1.54) is 38.5 Å². The lowest BCUT2D eigenvalue weighted by Crippen LogP contribution is -2.33. The molecule has 3 rings (SSSR count). The molecule has 0 aliphatic carbocycles. The highest BCUT2D eigenvalue weighted by Crippen LogP contribution is 2.37. The average Bonchev–Trinajstić information content (AvgIpc) is 3.12. The molecule has 0 spiro atoms. The first kappa shape index (κ1) is 24.4. The lowest BCUT2D eigenvalue weighted by Gasteiger charge is -2.27. The van der Waals surface area contributed by atoms with E-state index in [1.54, 1.807) is 4.57 Å². The molecule has 0 radical (unpaired) electrons. The fourth-order valence-corrected chi connectivity index (χ4v) is 4.30. The number of cyclic esters (lactones) is 1. The number of halogens is 1. The zero-order valence-electron chi connectivity index (χ0n) is 19.1. The topological polar surface area (TPSA) is 104 Å². The summed E-state index contributed by atoms with van der Waals surface area (Å²) in [6.45, 7) is 4.02. The van der Waals surface area contributed by atoms with Gasteiger partial charge in [-0.3, -0.25) is 4.79 Å². The highest BCUT2D eigenvalue weighted by Gasteiger charge is 2.35.